The van der Waals surface area contributed by atoms with Crippen molar-refractivity contribution in [3.8, 4) is 0 Å². The molecule has 17 heavy (non-hydrogen) atoms. The fourth-order valence-electron chi connectivity index (χ4n) is 1.51. The molecular weight excluding hydrogens is 234 g/mol. The summed E-state index contributed by atoms with van der Waals surface area (Å²) in [5.41, 5.74) is 1.25. The normalized spacial score (nSPS) is 14.9. The molecule has 0 fully saturated rings. The number of nitrogens with zero attached hydrogens (tertiary/aromatic N) is 1. The molecule has 0 aliphatic rings. The molecule has 2 N–H and O–H groups in total. The first kappa shape index (κ1) is 14.5. The molecule has 0 saturated carbocycles. The van der Waals surface area contributed by atoms with Crippen LogP contribution in [0.2, 0.25) is 0 Å². The van der Waals surface area contributed by atoms with Gasteiger partial charge in [-0.05, 0) is 19.4 Å². The molecule has 2 unspecified atom stereocenters. The van der Waals surface area contributed by atoms with Gasteiger partial charge in [0.05, 0.1) is 12.2 Å². The minimum atomic E-state index is -0.378. The van der Waals surface area contributed by atoms with Gasteiger partial charge in [0.25, 0.3) is 0 Å². The van der Waals surface area contributed by atoms with E-state index < -0.39 is 0 Å². The minimum Gasteiger partial charge on any atom is -0.392 e. The molecule has 1 aromatic carbocycles. The molecule has 0 amide bonds. The standard InChI is InChI=1S/C13H21NO2S/c1-11(15)8-14(9-12(2)16)17-10-13-6-4-3-5-7-13/h3-7,11-12,15-16H,8-10H2,1-2H3. The van der Waals surface area contributed by atoms with Crippen LogP contribution in [-0.2, 0) is 5.75 Å². The first-order valence-electron chi connectivity index (χ1n) is 5.86. The Bertz CT molecular complexity index is 294. The molecule has 2 atom stereocenters. The fourth-order valence-corrected chi connectivity index (χ4v) is 2.68. The summed E-state index contributed by atoms with van der Waals surface area (Å²) < 4.78 is 2.02. The summed E-state index contributed by atoms with van der Waals surface area (Å²) in [6.07, 6.45) is -0.756. The van der Waals surface area contributed by atoms with E-state index in [1.165, 1.54) is 5.56 Å². The second kappa shape index (κ2) is 7.71. The Morgan fingerprint density at radius 3 is 2.06 bits per heavy atom. The number of aliphatic hydroxyl groups excluding tert-OH is 2. The third-order valence-electron chi connectivity index (χ3n) is 2.19. The molecule has 0 spiro atoms. The van der Waals surface area contributed by atoms with E-state index in [1.807, 2.05) is 22.5 Å². The van der Waals surface area contributed by atoms with Crippen LogP contribution in [0.4, 0.5) is 0 Å². The van der Waals surface area contributed by atoms with Crippen LogP contribution in [-0.4, -0.2) is 39.8 Å². The fraction of sp³-hybridized carbons (Fsp3) is 0.538. The van der Waals surface area contributed by atoms with Crippen molar-refractivity contribution in [3.05, 3.63) is 35.9 Å². The molecule has 0 saturated heterocycles. The number of hydrogen-bond donors (Lipinski definition) is 2. The third-order valence-corrected chi connectivity index (χ3v) is 3.32. The van der Waals surface area contributed by atoms with Crippen LogP contribution in [0.5, 0.6) is 0 Å². The van der Waals surface area contributed by atoms with Gasteiger partial charge in [-0.1, -0.05) is 42.3 Å². The Hall–Kier alpha value is -0.550. The van der Waals surface area contributed by atoms with E-state index >= 15 is 0 Å². The summed E-state index contributed by atoms with van der Waals surface area (Å²) in [7, 11) is 0. The first-order chi connectivity index (χ1) is 8.08. The zero-order chi connectivity index (χ0) is 12.7. The van der Waals surface area contributed by atoms with Crippen LogP contribution in [0.1, 0.15) is 19.4 Å². The predicted octanol–water partition coefficient (Wildman–Crippen LogP) is 1.90. The Kier molecular flexibility index (Phi) is 6.58. The van der Waals surface area contributed by atoms with Crippen molar-refractivity contribution in [2.24, 2.45) is 0 Å². The van der Waals surface area contributed by atoms with Crippen LogP contribution in [0.25, 0.3) is 0 Å². The van der Waals surface area contributed by atoms with Gasteiger partial charge in [0, 0.05) is 18.8 Å². The Morgan fingerprint density at radius 1 is 1.06 bits per heavy atom. The summed E-state index contributed by atoms with van der Waals surface area (Å²) >= 11 is 1.64. The molecule has 0 radical (unpaired) electrons. The number of rotatable bonds is 7. The van der Waals surface area contributed by atoms with E-state index in [9.17, 15) is 10.2 Å². The minimum absolute atomic E-state index is 0.378. The van der Waals surface area contributed by atoms with Gasteiger partial charge < -0.3 is 10.2 Å². The number of hydrogen-bond acceptors (Lipinski definition) is 4. The number of benzene rings is 1. The van der Waals surface area contributed by atoms with Crippen molar-refractivity contribution in [2.45, 2.75) is 31.8 Å². The predicted molar refractivity (Wildman–Crippen MR) is 72.7 cm³/mol. The maximum absolute atomic E-state index is 9.40. The van der Waals surface area contributed by atoms with E-state index in [2.05, 4.69) is 12.1 Å². The summed E-state index contributed by atoms with van der Waals surface area (Å²) in [4.78, 5) is 0. The smallest absolute Gasteiger partial charge is 0.0648 e. The largest absolute Gasteiger partial charge is 0.392 e. The average Bonchev–Trinajstić information content (AvgIpc) is 2.26. The van der Waals surface area contributed by atoms with Gasteiger partial charge in [0.2, 0.25) is 0 Å². The van der Waals surface area contributed by atoms with Gasteiger partial charge in [0.15, 0.2) is 0 Å². The molecule has 1 rings (SSSR count). The average molecular weight is 255 g/mol. The van der Waals surface area contributed by atoms with Crippen LogP contribution in [0, 0.1) is 0 Å². The molecule has 1 aromatic rings. The summed E-state index contributed by atoms with van der Waals surface area (Å²) in [5, 5.41) is 18.8. The lowest BCUT2D eigenvalue weighted by molar-refractivity contribution is 0.130. The lowest BCUT2D eigenvalue weighted by atomic mass is 10.2. The van der Waals surface area contributed by atoms with Gasteiger partial charge in [-0.3, -0.25) is 0 Å². The van der Waals surface area contributed by atoms with Gasteiger partial charge in [-0.15, -0.1) is 0 Å². The van der Waals surface area contributed by atoms with E-state index in [0.717, 1.165) is 5.75 Å². The highest BCUT2D eigenvalue weighted by Crippen LogP contribution is 2.17. The molecule has 96 valence electrons. The van der Waals surface area contributed by atoms with Gasteiger partial charge in [-0.25, -0.2) is 4.31 Å². The molecule has 0 heterocycles. The summed E-state index contributed by atoms with van der Waals surface area (Å²) in [6.45, 7) is 4.67. The Morgan fingerprint density at radius 2 is 1.59 bits per heavy atom. The SMILES string of the molecule is CC(O)CN(CC(C)O)SCc1ccccc1. The second-order valence-corrected chi connectivity index (χ2v) is 5.37. The maximum Gasteiger partial charge on any atom is 0.0648 e. The molecule has 0 aliphatic carbocycles. The van der Waals surface area contributed by atoms with Crippen LogP contribution in [0.3, 0.4) is 0 Å². The lowest BCUT2D eigenvalue weighted by Crippen LogP contribution is -2.31. The quantitative estimate of drug-likeness (QED) is 0.730. The number of aliphatic hydroxyl groups is 2. The van der Waals surface area contributed by atoms with E-state index in [4.69, 9.17) is 0 Å². The molecule has 0 aliphatic heterocycles. The molecule has 0 bridgehead atoms. The van der Waals surface area contributed by atoms with E-state index in [0.29, 0.717) is 13.1 Å². The molecule has 4 heteroatoms. The lowest BCUT2D eigenvalue weighted by Gasteiger charge is -2.23. The maximum atomic E-state index is 9.40. The molecule has 3 nitrogen and oxygen atoms in total. The molecule has 0 aromatic heterocycles. The van der Waals surface area contributed by atoms with Crippen molar-refractivity contribution in [3.63, 3.8) is 0 Å². The highest BCUT2D eigenvalue weighted by molar-refractivity contribution is 7.96. The van der Waals surface area contributed by atoms with Crippen LogP contribution in [0.15, 0.2) is 30.3 Å². The summed E-state index contributed by atoms with van der Waals surface area (Å²) in [5.74, 6) is 0.861. The van der Waals surface area contributed by atoms with Crippen LogP contribution < -0.4 is 0 Å². The molecular formula is C13H21NO2S. The van der Waals surface area contributed by atoms with Gasteiger partial charge in [-0.2, -0.15) is 0 Å². The van der Waals surface area contributed by atoms with Crippen molar-refractivity contribution in [2.75, 3.05) is 13.1 Å². The zero-order valence-corrected chi connectivity index (χ0v) is 11.2. The second-order valence-electron chi connectivity index (χ2n) is 4.30. The van der Waals surface area contributed by atoms with Crippen molar-refractivity contribution >= 4 is 11.9 Å². The van der Waals surface area contributed by atoms with Crippen LogP contribution >= 0.6 is 11.9 Å². The Balaban J connectivity index is 2.43. The summed E-state index contributed by atoms with van der Waals surface area (Å²) in [6, 6.07) is 10.2. The van der Waals surface area contributed by atoms with Gasteiger partial charge >= 0.3 is 0 Å². The van der Waals surface area contributed by atoms with E-state index in [1.54, 1.807) is 25.8 Å². The van der Waals surface area contributed by atoms with Crippen molar-refractivity contribution < 1.29 is 10.2 Å². The van der Waals surface area contributed by atoms with Crippen molar-refractivity contribution in [1.29, 1.82) is 0 Å². The van der Waals surface area contributed by atoms with E-state index in [-0.39, 0.29) is 12.2 Å². The van der Waals surface area contributed by atoms with Crippen molar-refractivity contribution in [1.82, 2.24) is 4.31 Å². The topological polar surface area (TPSA) is 43.7 Å². The first-order valence-corrected chi connectivity index (χ1v) is 6.80. The Labute approximate surface area is 108 Å². The highest BCUT2D eigenvalue weighted by atomic mass is 32.2. The zero-order valence-electron chi connectivity index (χ0n) is 10.4. The highest BCUT2D eigenvalue weighted by Gasteiger charge is 2.11. The monoisotopic (exact) mass is 255 g/mol. The third kappa shape index (κ3) is 6.68. The van der Waals surface area contributed by atoms with Gasteiger partial charge in [0.1, 0.15) is 0 Å².